The molecule has 1 aromatic carbocycles. The number of nitrogens with zero attached hydrogens (tertiary/aromatic N) is 2. The second-order valence-electron chi connectivity index (χ2n) is 7.35. The van der Waals surface area contributed by atoms with E-state index in [9.17, 15) is 18.4 Å². The molecule has 1 saturated carbocycles. The molecule has 8 heteroatoms. The lowest BCUT2D eigenvalue weighted by Crippen LogP contribution is -2.35. The van der Waals surface area contributed by atoms with Crippen LogP contribution in [0.4, 0.5) is 14.5 Å². The molecular weight excluding hydrogens is 366 g/mol. The van der Waals surface area contributed by atoms with Crippen LogP contribution >= 0.6 is 0 Å². The average Bonchev–Trinajstić information content (AvgIpc) is 3.32. The second-order valence-corrected chi connectivity index (χ2v) is 7.35. The summed E-state index contributed by atoms with van der Waals surface area (Å²) < 4.78 is 29.5. The normalized spacial score (nSPS) is 16.6. The van der Waals surface area contributed by atoms with E-state index in [1.807, 2.05) is 0 Å². The summed E-state index contributed by atoms with van der Waals surface area (Å²) in [6, 6.07) is 3.50. The number of hydrogen-bond donors (Lipinski definition) is 2. The van der Waals surface area contributed by atoms with Crippen molar-refractivity contribution in [1.29, 1.82) is 0 Å². The summed E-state index contributed by atoms with van der Waals surface area (Å²) in [6.45, 7) is 0.594. The molecule has 2 aliphatic rings. The molecule has 148 valence electrons. The molecule has 28 heavy (non-hydrogen) atoms. The lowest BCUT2D eigenvalue weighted by Gasteiger charge is -2.18. The van der Waals surface area contributed by atoms with Crippen molar-refractivity contribution in [2.24, 2.45) is 0 Å². The number of carbonyl (C=O) groups is 2. The van der Waals surface area contributed by atoms with Crippen molar-refractivity contribution in [3.05, 3.63) is 47.0 Å². The smallest absolute Gasteiger partial charge is 0.287 e. The average molecular weight is 388 g/mol. The largest absolute Gasteiger partial charge is 0.347 e. The maximum atomic E-state index is 13.9. The first kappa shape index (κ1) is 18.6. The number of hydrogen-bond acceptors (Lipinski definition) is 3. The maximum Gasteiger partial charge on any atom is 0.287 e. The number of nitrogens with one attached hydrogen (secondary N) is 2. The lowest BCUT2D eigenvalue weighted by atomic mass is 10.1. The van der Waals surface area contributed by atoms with Crippen LogP contribution in [0, 0.1) is 11.6 Å². The van der Waals surface area contributed by atoms with Crippen molar-refractivity contribution in [2.45, 2.75) is 57.5 Å². The Morgan fingerprint density at radius 1 is 1.04 bits per heavy atom. The number of imidazole rings is 1. The third-order valence-corrected chi connectivity index (χ3v) is 5.43. The van der Waals surface area contributed by atoms with Gasteiger partial charge in [-0.2, -0.15) is 0 Å². The van der Waals surface area contributed by atoms with Gasteiger partial charge in [0.1, 0.15) is 17.3 Å². The van der Waals surface area contributed by atoms with E-state index in [1.54, 1.807) is 4.57 Å². The Morgan fingerprint density at radius 2 is 1.75 bits per heavy atom. The molecule has 1 aliphatic carbocycles. The van der Waals surface area contributed by atoms with Gasteiger partial charge in [0.2, 0.25) is 0 Å². The molecule has 2 heterocycles. The molecule has 2 amide bonds. The van der Waals surface area contributed by atoms with Gasteiger partial charge in [0.05, 0.1) is 5.69 Å². The van der Waals surface area contributed by atoms with Crippen LogP contribution in [0.2, 0.25) is 0 Å². The monoisotopic (exact) mass is 388 g/mol. The van der Waals surface area contributed by atoms with E-state index in [0.717, 1.165) is 50.7 Å². The number of halogens is 2. The molecule has 1 fully saturated rings. The minimum Gasteiger partial charge on any atom is -0.347 e. The molecule has 6 nitrogen and oxygen atoms in total. The van der Waals surface area contributed by atoms with Gasteiger partial charge >= 0.3 is 0 Å². The first-order valence-electron chi connectivity index (χ1n) is 9.70. The molecule has 0 radical (unpaired) electrons. The minimum absolute atomic E-state index is 0.0546. The summed E-state index contributed by atoms with van der Waals surface area (Å²) in [5.74, 6) is -2.54. The third-order valence-electron chi connectivity index (χ3n) is 5.43. The number of amides is 2. The molecular formula is C20H22F2N4O2. The summed E-state index contributed by atoms with van der Waals surface area (Å²) in [5.41, 5.74) is 0.179. The molecule has 4 rings (SSSR count). The molecule has 1 aliphatic heterocycles. The van der Waals surface area contributed by atoms with Crippen LogP contribution in [0.25, 0.3) is 0 Å². The van der Waals surface area contributed by atoms with E-state index in [1.165, 1.54) is 6.07 Å². The maximum absolute atomic E-state index is 13.9. The van der Waals surface area contributed by atoms with E-state index in [2.05, 4.69) is 15.6 Å². The summed E-state index contributed by atoms with van der Waals surface area (Å²) >= 11 is 0. The number of fused-ring (bicyclic) bond motifs is 1. The van der Waals surface area contributed by atoms with E-state index in [4.69, 9.17) is 0 Å². The van der Waals surface area contributed by atoms with E-state index in [-0.39, 0.29) is 23.5 Å². The highest BCUT2D eigenvalue weighted by molar-refractivity contribution is 6.05. The predicted octanol–water partition coefficient (Wildman–Crippen LogP) is 3.42. The van der Waals surface area contributed by atoms with Crippen LogP contribution in [-0.2, 0) is 13.0 Å². The molecule has 2 aromatic rings. The Labute approximate surface area is 161 Å². The fourth-order valence-electron chi connectivity index (χ4n) is 4.01. The first-order valence-corrected chi connectivity index (χ1v) is 9.70. The van der Waals surface area contributed by atoms with Crippen LogP contribution in [0.15, 0.2) is 18.2 Å². The van der Waals surface area contributed by atoms with Gasteiger partial charge in [-0.1, -0.05) is 18.9 Å². The van der Waals surface area contributed by atoms with Crippen LogP contribution in [0.5, 0.6) is 0 Å². The molecule has 2 N–H and O–H groups in total. The molecule has 0 unspecified atom stereocenters. The summed E-state index contributed by atoms with van der Waals surface area (Å²) in [4.78, 5) is 29.7. The van der Waals surface area contributed by atoms with Gasteiger partial charge in [-0.15, -0.1) is 0 Å². The SMILES string of the molecule is O=C(Nc1c(F)cccc1F)c1nc(C(=O)NC2CCCC2)n2c1CCCC2. The number of para-hydroxylation sites is 1. The lowest BCUT2D eigenvalue weighted by molar-refractivity contribution is 0.0921. The van der Waals surface area contributed by atoms with Crippen molar-refractivity contribution in [3.63, 3.8) is 0 Å². The van der Waals surface area contributed by atoms with Gasteiger partial charge in [0, 0.05) is 12.6 Å². The van der Waals surface area contributed by atoms with Gasteiger partial charge < -0.3 is 15.2 Å². The van der Waals surface area contributed by atoms with E-state index < -0.39 is 23.2 Å². The number of benzene rings is 1. The zero-order valence-electron chi connectivity index (χ0n) is 15.4. The van der Waals surface area contributed by atoms with Gasteiger partial charge in [-0.05, 0) is 44.2 Å². The van der Waals surface area contributed by atoms with E-state index >= 15 is 0 Å². The van der Waals surface area contributed by atoms with Crippen molar-refractivity contribution < 1.29 is 18.4 Å². The zero-order chi connectivity index (χ0) is 19.7. The summed E-state index contributed by atoms with van der Waals surface area (Å²) in [6.07, 6.45) is 6.41. The quantitative estimate of drug-likeness (QED) is 0.843. The predicted molar refractivity (Wildman–Crippen MR) is 99.2 cm³/mol. The Balaban J connectivity index is 1.62. The minimum atomic E-state index is -0.861. The van der Waals surface area contributed by atoms with Gasteiger partial charge in [0.15, 0.2) is 11.5 Å². The molecule has 1 aromatic heterocycles. The van der Waals surface area contributed by atoms with Crippen molar-refractivity contribution in [3.8, 4) is 0 Å². The number of anilines is 1. The molecule has 0 spiro atoms. The van der Waals surface area contributed by atoms with Gasteiger partial charge in [0.25, 0.3) is 11.8 Å². The van der Waals surface area contributed by atoms with Gasteiger partial charge in [-0.25, -0.2) is 13.8 Å². The summed E-state index contributed by atoms with van der Waals surface area (Å²) in [5, 5.41) is 5.27. The Morgan fingerprint density at radius 3 is 2.46 bits per heavy atom. The Kier molecular flexibility index (Phi) is 5.11. The number of rotatable bonds is 4. The number of aromatic nitrogens is 2. The van der Waals surface area contributed by atoms with Crippen LogP contribution < -0.4 is 10.6 Å². The highest BCUT2D eigenvalue weighted by Gasteiger charge is 2.29. The Hall–Kier alpha value is -2.77. The van der Waals surface area contributed by atoms with Crippen molar-refractivity contribution >= 4 is 17.5 Å². The van der Waals surface area contributed by atoms with Crippen LogP contribution in [-0.4, -0.2) is 27.4 Å². The molecule has 0 bridgehead atoms. The van der Waals surface area contributed by atoms with Crippen LogP contribution in [0.1, 0.15) is 65.3 Å². The third kappa shape index (κ3) is 3.50. The topological polar surface area (TPSA) is 76.0 Å². The fraction of sp³-hybridized carbons (Fsp3) is 0.450. The highest BCUT2D eigenvalue weighted by atomic mass is 19.1. The standard InChI is InChI=1S/C20H22F2N4O2/c21-13-8-5-9-14(22)16(13)25-19(27)17-15-10-3-4-11-26(15)18(24-17)20(28)23-12-6-1-2-7-12/h5,8-9,12H,1-4,6-7,10-11H2,(H,23,28)(H,25,27). The second kappa shape index (κ2) is 7.69. The molecule has 0 atom stereocenters. The van der Waals surface area contributed by atoms with Crippen LogP contribution in [0.3, 0.4) is 0 Å². The fourth-order valence-corrected chi connectivity index (χ4v) is 4.01. The number of carbonyl (C=O) groups excluding carboxylic acids is 2. The van der Waals surface area contributed by atoms with Crippen molar-refractivity contribution in [1.82, 2.24) is 14.9 Å². The van der Waals surface area contributed by atoms with E-state index in [0.29, 0.717) is 18.7 Å². The highest BCUT2D eigenvalue weighted by Crippen LogP contribution is 2.25. The summed E-state index contributed by atoms with van der Waals surface area (Å²) in [7, 11) is 0. The zero-order valence-corrected chi connectivity index (χ0v) is 15.4. The van der Waals surface area contributed by atoms with Crippen molar-refractivity contribution in [2.75, 3.05) is 5.32 Å². The first-order chi connectivity index (χ1) is 13.5. The Bertz CT molecular complexity index is 899. The molecule has 0 saturated heterocycles. The van der Waals surface area contributed by atoms with Gasteiger partial charge in [-0.3, -0.25) is 9.59 Å².